The van der Waals surface area contributed by atoms with Crippen LogP contribution in [-0.4, -0.2) is 12.6 Å². The van der Waals surface area contributed by atoms with Crippen LogP contribution >= 0.6 is 0 Å². The first-order valence-electron chi connectivity index (χ1n) is 6.31. The summed E-state index contributed by atoms with van der Waals surface area (Å²) in [5.41, 5.74) is 0.468. The molecule has 0 N–H and O–H groups in total. The van der Waals surface area contributed by atoms with E-state index in [-0.39, 0.29) is 5.97 Å². The largest absolute Gasteiger partial charge is 0.462 e. The minimum Gasteiger partial charge on any atom is -0.462 e. The van der Waals surface area contributed by atoms with E-state index in [1.807, 2.05) is 0 Å². The van der Waals surface area contributed by atoms with Crippen LogP contribution in [0.4, 0.5) is 0 Å². The van der Waals surface area contributed by atoms with Crippen LogP contribution in [0.3, 0.4) is 0 Å². The highest BCUT2D eigenvalue weighted by Crippen LogP contribution is 2.52. The lowest BCUT2D eigenvalue weighted by Crippen LogP contribution is -2.23. The molecule has 2 bridgehead atoms. The van der Waals surface area contributed by atoms with Crippen molar-refractivity contribution < 1.29 is 9.53 Å². The minimum absolute atomic E-state index is 0.277. The van der Waals surface area contributed by atoms with Crippen LogP contribution in [0.5, 0.6) is 0 Å². The molecule has 3 nitrogen and oxygen atoms in total. The van der Waals surface area contributed by atoms with Gasteiger partial charge in [-0.1, -0.05) is 6.58 Å². The maximum atomic E-state index is 11.3. The van der Waals surface area contributed by atoms with Crippen LogP contribution in [0.2, 0.25) is 0 Å². The first-order chi connectivity index (χ1) is 8.11. The fraction of sp³-hybridized carbons (Fsp3) is 0.714. The molecular formula is C14H19NO2. The molecule has 0 heterocycles. The van der Waals surface area contributed by atoms with Gasteiger partial charge in [-0.3, -0.25) is 0 Å². The zero-order valence-corrected chi connectivity index (χ0v) is 10.3. The number of hydrogen-bond donors (Lipinski definition) is 0. The third-order valence-electron chi connectivity index (χ3n) is 4.28. The van der Waals surface area contributed by atoms with E-state index in [4.69, 9.17) is 10.00 Å². The Bertz CT molecular complexity index is 369. The van der Waals surface area contributed by atoms with Crippen molar-refractivity contribution >= 4 is 5.97 Å². The van der Waals surface area contributed by atoms with Crippen molar-refractivity contribution in [2.75, 3.05) is 6.61 Å². The summed E-state index contributed by atoms with van der Waals surface area (Å²) < 4.78 is 5.23. The van der Waals surface area contributed by atoms with E-state index in [9.17, 15) is 4.79 Å². The molecule has 0 radical (unpaired) electrons. The van der Waals surface area contributed by atoms with Gasteiger partial charge in [0.05, 0.1) is 12.7 Å². The zero-order valence-electron chi connectivity index (χ0n) is 10.3. The van der Waals surface area contributed by atoms with Crippen LogP contribution in [0.1, 0.15) is 32.6 Å². The number of nitriles is 1. The molecule has 4 unspecified atom stereocenters. The maximum Gasteiger partial charge on any atom is 0.333 e. The van der Waals surface area contributed by atoms with Gasteiger partial charge in [-0.15, -0.1) is 0 Å². The lowest BCUT2D eigenvalue weighted by molar-refractivity contribution is -0.140. The Hall–Kier alpha value is -1.30. The van der Waals surface area contributed by atoms with Crippen LogP contribution in [0.25, 0.3) is 0 Å². The van der Waals surface area contributed by atoms with Crippen molar-refractivity contribution in [2.45, 2.75) is 32.6 Å². The highest BCUT2D eigenvalue weighted by molar-refractivity contribution is 5.86. The molecule has 2 fully saturated rings. The lowest BCUT2D eigenvalue weighted by Gasteiger charge is -2.26. The van der Waals surface area contributed by atoms with Crippen LogP contribution < -0.4 is 0 Å². The standard InChI is InChI=1S/C14H19NO2/c1-9(2)14(16)17-8-13-7-11-6-12(13)5-10(11)3-4-15/h10-13H,1,3,5-8H2,2H3. The van der Waals surface area contributed by atoms with Gasteiger partial charge in [0.25, 0.3) is 0 Å². The lowest BCUT2D eigenvalue weighted by atomic mass is 9.81. The number of carbonyl (C=O) groups excluding carboxylic acids is 1. The summed E-state index contributed by atoms with van der Waals surface area (Å²) in [6.45, 7) is 5.78. The van der Waals surface area contributed by atoms with E-state index in [0.29, 0.717) is 42.3 Å². The summed E-state index contributed by atoms with van der Waals surface area (Å²) in [7, 11) is 0. The fourth-order valence-electron chi connectivity index (χ4n) is 3.39. The van der Waals surface area contributed by atoms with Gasteiger partial charge in [0, 0.05) is 12.0 Å². The second-order valence-electron chi connectivity index (χ2n) is 5.49. The molecule has 0 saturated heterocycles. The van der Waals surface area contributed by atoms with Crippen molar-refractivity contribution in [2.24, 2.45) is 23.7 Å². The Morgan fingerprint density at radius 1 is 1.35 bits per heavy atom. The topological polar surface area (TPSA) is 50.1 Å². The van der Waals surface area contributed by atoms with Crippen LogP contribution in [0, 0.1) is 35.0 Å². The predicted molar refractivity (Wildman–Crippen MR) is 63.8 cm³/mol. The number of esters is 1. The SMILES string of the molecule is C=C(C)C(=O)OCC1CC2CC1CC2CC#N. The Balaban J connectivity index is 1.79. The van der Waals surface area contributed by atoms with Gasteiger partial charge < -0.3 is 4.74 Å². The van der Waals surface area contributed by atoms with Gasteiger partial charge in [-0.2, -0.15) is 5.26 Å². The first kappa shape index (κ1) is 12.2. The monoisotopic (exact) mass is 233 g/mol. The molecule has 3 heteroatoms. The molecule has 0 amide bonds. The highest BCUT2D eigenvalue weighted by Gasteiger charge is 2.45. The minimum atomic E-state index is -0.277. The van der Waals surface area contributed by atoms with E-state index in [2.05, 4.69) is 12.6 Å². The number of hydrogen-bond acceptors (Lipinski definition) is 3. The Kier molecular flexibility index (Phi) is 3.51. The van der Waals surface area contributed by atoms with E-state index < -0.39 is 0 Å². The second-order valence-corrected chi connectivity index (χ2v) is 5.49. The first-order valence-corrected chi connectivity index (χ1v) is 6.31. The molecule has 2 aliphatic carbocycles. The highest BCUT2D eigenvalue weighted by atomic mass is 16.5. The van der Waals surface area contributed by atoms with E-state index in [1.165, 1.54) is 6.42 Å². The zero-order chi connectivity index (χ0) is 12.4. The predicted octanol–water partition coefficient (Wildman–Crippen LogP) is 2.68. The average molecular weight is 233 g/mol. The number of carbonyl (C=O) groups is 1. The van der Waals surface area contributed by atoms with Gasteiger partial charge in [-0.25, -0.2) is 4.79 Å². The quantitative estimate of drug-likeness (QED) is 0.554. The molecule has 4 atom stereocenters. The summed E-state index contributed by atoms with van der Waals surface area (Å²) in [6.07, 6.45) is 4.19. The molecule has 0 aliphatic heterocycles. The number of nitrogens with zero attached hydrogens (tertiary/aromatic N) is 1. The van der Waals surface area contributed by atoms with Crippen molar-refractivity contribution in [3.8, 4) is 6.07 Å². The number of rotatable bonds is 4. The van der Waals surface area contributed by atoms with Gasteiger partial charge in [0.2, 0.25) is 0 Å². The number of fused-ring (bicyclic) bond motifs is 2. The van der Waals surface area contributed by atoms with Crippen LogP contribution in [0.15, 0.2) is 12.2 Å². The Labute approximate surface area is 102 Å². The van der Waals surface area contributed by atoms with Gasteiger partial charge >= 0.3 is 5.97 Å². The number of ether oxygens (including phenoxy) is 1. The molecule has 2 rings (SSSR count). The van der Waals surface area contributed by atoms with Crippen molar-refractivity contribution in [1.82, 2.24) is 0 Å². The summed E-state index contributed by atoms with van der Waals surface area (Å²) in [4.78, 5) is 11.3. The molecule has 0 aromatic heterocycles. The summed E-state index contributed by atoms with van der Waals surface area (Å²) in [6, 6.07) is 2.28. The third-order valence-corrected chi connectivity index (χ3v) is 4.28. The van der Waals surface area contributed by atoms with Crippen molar-refractivity contribution in [3.63, 3.8) is 0 Å². The van der Waals surface area contributed by atoms with E-state index in [0.717, 1.165) is 12.8 Å². The maximum absolute atomic E-state index is 11.3. The fourth-order valence-corrected chi connectivity index (χ4v) is 3.39. The Morgan fingerprint density at radius 3 is 2.53 bits per heavy atom. The van der Waals surface area contributed by atoms with Crippen LogP contribution in [-0.2, 0) is 9.53 Å². The summed E-state index contributed by atoms with van der Waals surface area (Å²) in [5.74, 6) is 2.18. The molecule has 2 aliphatic rings. The second kappa shape index (κ2) is 4.91. The van der Waals surface area contributed by atoms with E-state index in [1.54, 1.807) is 6.92 Å². The van der Waals surface area contributed by atoms with Gasteiger partial charge in [0.1, 0.15) is 0 Å². The summed E-state index contributed by atoms with van der Waals surface area (Å²) >= 11 is 0. The smallest absolute Gasteiger partial charge is 0.333 e. The normalized spacial score (nSPS) is 34.4. The molecule has 92 valence electrons. The van der Waals surface area contributed by atoms with Crippen molar-refractivity contribution in [3.05, 3.63) is 12.2 Å². The van der Waals surface area contributed by atoms with E-state index >= 15 is 0 Å². The Morgan fingerprint density at radius 2 is 2.00 bits per heavy atom. The molecule has 2 saturated carbocycles. The van der Waals surface area contributed by atoms with Crippen molar-refractivity contribution in [1.29, 1.82) is 5.26 Å². The molecule has 17 heavy (non-hydrogen) atoms. The summed E-state index contributed by atoms with van der Waals surface area (Å²) in [5, 5.41) is 8.73. The molecular weight excluding hydrogens is 214 g/mol. The average Bonchev–Trinajstić information content (AvgIpc) is 2.85. The molecule has 0 spiro atoms. The van der Waals surface area contributed by atoms with Gasteiger partial charge in [-0.05, 0) is 49.9 Å². The third kappa shape index (κ3) is 2.52. The molecule has 0 aromatic carbocycles. The van der Waals surface area contributed by atoms with Gasteiger partial charge in [0.15, 0.2) is 0 Å². The molecule has 0 aromatic rings.